The van der Waals surface area contributed by atoms with Crippen LogP contribution >= 0.6 is 11.8 Å². The summed E-state index contributed by atoms with van der Waals surface area (Å²) in [7, 11) is 2.18. The maximum Gasteiger partial charge on any atom is 0.120 e. The number of hydrogen-bond donors (Lipinski definition) is 2. The molecule has 2 atom stereocenters. The Morgan fingerprint density at radius 1 is 1.45 bits per heavy atom. The summed E-state index contributed by atoms with van der Waals surface area (Å²) in [5.74, 6) is 9.12. The minimum Gasteiger partial charge on any atom is -0.490 e. The Hall–Kier alpha value is -0.750. The molecular formula is C15H23N3OS. The monoisotopic (exact) mass is 293 g/mol. The summed E-state index contributed by atoms with van der Waals surface area (Å²) < 4.78 is 5.89. The Balaban J connectivity index is 1.76. The second kappa shape index (κ2) is 6.35. The van der Waals surface area contributed by atoms with Crippen molar-refractivity contribution in [3.8, 4) is 5.75 Å². The minimum absolute atomic E-state index is 0.149. The SMILES string of the molecule is CN1CCSCC1C(NN)c1cccc(OC2CC2)c1. The van der Waals surface area contributed by atoms with Crippen LogP contribution in [-0.2, 0) is 0 Å². The topological polar surface area (TPSA) is 50.5 Å². The summed E-state index contributed by atoms with van der Waals surface area (Å²) in [6.45, 7) is 1.12. The fourth-order valence-corrected chi connectivity index (χ4v) is 3.92. The van der Waals surface area contributed by atoms with Crippen molar-refractivity contribution in [3.05, 3.63) is 29.8 Å². The van der Waals surface area contributed by atoms with Crippen molar-refractivity contribution in [2.45, 2.75) is 31.0 Å². The minimum atomic E-state index is 0.149. The van der Waals surface area contributed by atoms with Gasteiger partial charge in [0.25, 0.3) is 0 Å². The van der Waals surface area contributed by atoms with Gasteiger partial charge in [-0.2, -0.15) is 11.8 Å². The van der Waals surface area contributed by atoms with Crippen molar-refractivity contribution in [2.24, 2.45) is 5.84 Å². The standard InChI is InChI=1S/C15H23N3OS/c1-18-7-8-20-10-14(18)15(17-16)11-3-2-4-13(9-11)19-12-5-6-12/h2-4,9,12,14-15,17H,5-8,10,16H2,1H3. The van der Waals surface area contributed by atoms with Gasteiger partial charge in [0.05, 0.1) is 12.1 Å². The summed E-state index contributed by atoms with van der Waals surface area (Å²) in [5.41, 5.74) is 4.22. The van der Waals surface area contributed by atoms with Crippen LogP contribution in [-0.4, -0.2) is 42.1 Å². The Kier molecular flexibility index (Phi) is 4.51. The molecule has 2 aliphatic rings. The molecule has 3 N–H and O–H groups in total. The molecule has 1 saturated carbocycles. The lowest BCUT2D eigenvalue weighted by Gasteiger charge is -2.37. The molecule has 0 amide bonds. The largest absolute Gasteiger partial charge is 0.490 e. The third-order valence-corrected chi connectivity index (χ3v) is 5.10. The zero-order valence-electron chi connectivity index (χ0n) is 11.9. The number of rotatable bonds is 5. The predicted molar refractivity (Wildman–Crippen MR) is 83.9 cm³/mol. The van der Waals surface area contributed by atoms with Gasteiger partial charge in [-0.15, -0.1) is 0 Å². The molecule has 1 aromatic carbocycles. The Morgan fingerprint density at radius 3 is 3.00 bits per heavy atom. The van der Waals surface area contributed by atoms with Gasteiger partial charge in [-0.05, 0) is 37.6 Å². The van der Waals surface area contributed by atoms with E-state index >= 15 is 0 Å². The number of thioether (sulfide) groups is 1. The van der Waals surface area contributed by atoms with E-state index in [1.165, 1.54) is 24.2 Å². The highest BCUT2D eigenvalue weighted by atomic mass is 32.2. The number of nitrogens with one attached hydrogen (secondary N) is 1. The molecule has 0 radical (unpaired) electrons. The van der Waals surface area contributed by atoms with Gasteiger partial charge in [-0.25, -0.2) is 0 Å². The second-order valence-electron chi connectivity index (χ2n) is 5.66. The van der Waals surface area contributed by atoms with E-state index in [2.05, 4.69) is 35.6 Å². The lowest BCUT2D eigenvalue weighted by atomic mass is 9.99. The first-order valence-electron chi connectivity index (χ1n) is 7.28. The fourth-order valence-electron chi connectivity index (χ4n) is 2.65. The molecule has 1 aliphatic carbocycles. The third-order valence-electron chi connectivity index (χ3n) is 4.05. The number of hydrazine groups is 1. The number of likely N-dealkylation sites (N-methyl/N-ethyl adjacent to an activating group) is 1. The third kappa shape index (κ3) is 3.28. The summed E-state index contributed by atoms with van der Waals surface area (Å²) in [6, 6.07) is 8.94. The second-order valence-corrected chi connectivity index (χ2v) is 6.81. The van der Waals surface area contributed by atoms with Crippen LogP contribution in [0.5, 0.6) is 5.75 Å². The first kappa shape index (κ1) is 14.2. The smallest absolute Gasteiger partial charge is 0.120 e. The van der Waals surface area contributed by atoms with Crippen LogP contribution in [0.4, 0.5) is 0 Å². The molecule has 0 spiro atoms. The van der Waals surface area contributed by atoms with E-state index in [0.29, 0.717) is 12.1 Å². The first-order valence-corrected chi connectivity index (χ1v) is 8.44. The summed E-state index contributed by atoms with van der Waals surface area (Å²) >= 11 is 2.00. The predicted octanol–water partition coefficient (Wildman–Crippen LogP) is 1.78. The van der Waals surface area contributed by atoms with Crippen molar-refractivity contribution >= 4 is 11.8 Å². The molecule has 0 bridgehead atoms. The summed E-state index contributed by atoms with van der Waals surface area (Å²) in [6.07, 6.45) is 2.80. The molecule has 1 aromatic rings. The highest BCUT2D eigenvalue weighted by Crippen LogP contribution is 2.31. The highest BCUT2D eigenvalue weighted by Gasteiger charge is 2.29. The lowest BCUT2D eigenvalue weighted by molar-refractivity contribution is 0.216. The van der Waals surface area contributed by atoms with Gasteiger partial charge < -0.3 is 4.74 Å². The quantitative estimate of drug-likeness (QED) is 0.640. The van der Waals surface area contributed by atoms with Gasteiger partial charge >= 0.3 is 0 Å². The van der Waals surface area contributed by atoms with Crippen LogP contribution in [0.1, 0.15) is 24.4 Å². The number of nitrogens with zero attached hydrogens (tertiary/aromatic N) is 1. The van der Waals surface area contributed by atoms with E-state index < -0.39 is 0 Å². The first-order chi connectivity index (χ1) is 9.78. The van der Waals surface area contributed by atoms with Crippen molar-refractivity contribution < 1.29 is 4.74 Å². The molecule has 2 unspecified atom stereocenters. The van der Waals surface area contributed by atoms with Gasteiger partial charge in [-0.1, -0.05) is 12.1 Å². The van der Waals surface area contributed by atoms with Crippen LogP contribution in [0.15, 0.2) is 24.3 Å². The Labute approximate surface area is 125 Å². The van der Waals surface area contributed by atoms with Crippen LogP contribution < -0.4 is 16.0 Å². The van der Waals surface area contributed by atoms with E-state index in [9.17, 15) is 0 Å². The van der Waals surface area contributed by atoms with Crippen molar-refractivity contribution in [2.75, 3.05) is 25.1 Å². The molecule has 1 saturated heterocycles. The van der Waals surface area contributed by atoms with Crippen LogP contribution in [0, 0.1) is 0 Å². The van der Waals surface area contributed by atoms with Gasteiger partial charge in [0.1, 0.15) is 5.75 Å². The van der Waals surface area contributed by atoms with E-state index in [1.807, 2.05) is 17.8 Å². The zero-order valence-corrected chi connectivity index (χ0v) is 12.7. The van der Waals surface area contributed by atoms with Gasteiger partial charge in [-0.3, -0.25) is 16.2 Å². The van der Waals surface area contributed by atoms with Crippen molar-refractivity contribution in [1.82, 2.24) is 10.3 Å². The van der Waals surface area contributed by atoms with E-state index in [1.54, 1.807) is 0 Å². The van der Waals surface area contributed by atoms with Crippen molar-refractivity contribution in [3.63, 3.8) is 0 Å². The molecule has 5 heteroatoms. The lowest BCUT2D eigenvalue weighted by Crippen LogP contribution is -2.49. The Bertz CT molecular complexity index is 452. The molecule has 110 valence electrons. The zero-order chi connectivity index (χ0) is 13.9. The number of ether oxygens (including phenoxy) is 1. The van der Waals surface area contributed by atoms with Gasteiger partial charge in [0.15, 0.2) is 0 Å². The van der Waals surface area contributed by atoms with Crippen LogP contribution in [0.3, 0.4) is 0 Å². The summed E-state index contributed by atoms with van der Waals surface area (Å²) in [4.78, 5) is 2.40. The number of nitrogens with two attached hydrogens (primary N) is 1. The Morgan fingerprint density at radius 2 is 2.30 bits per heavy atom. The average molecular weight is 293 g/mol. The maximum absolute atomic E-state index is 5.89. The van der Waals surface area contributed by atoms with Crippen molar-refractivity contribution in [1.29, 1.82) is 0 Å². The molecule has 20 heavy (non-hydrogen) atoms. The van der Waals surface area contributed by atoms with Crippen LogP contribution in [0.25, 0.3) is 0 Å². The highest BCUT2D eigenvalue weighted by molar-refractivity contribution is 7.99. The molecular weight excluding hydrogens is 270 g/mol. The fraction of sp³-hybridized carbons (Fsp3) is 0.600. The van der Waals surface area contributed by atoms with E-state index in [4.69, 9.17) is 10.6 Å². The normalized spacial score (nSPS) is 25.4. The molecule has 4 nitrogen and oxygen atoms in total. The number of benzene rings is 1. The molecule has 0 aromatic heterocycles. The maximum atomic E-state index is 5.89. The molecule has 3 rings (SSSR count). The van der Waals surface area contributed by atoms with Crippen LogP contribution in [0.2, 0.25) is 0 Å². The van der Waals surface area contributed by atoms with Gasteiger partial charge in [0, 0.05) is 24.1 Å². The number of hydrogen-bond acceptors (Lipinski definition) is 5. The summed E-state index contributed by atoms with van der Waals surface area (Å²) in [5, 5.41) is 0. The molecule has 1 heterocycles. The molecule has 2 fully saturated rings. The van der Waals surface area contributed by atoms with E-state index in [-0.39, 0.29) is 6.04 Å². The molecule has 1 aliphatic heterocycles. The van der Waals surface area contributed by atoms with E-state index in [0.717, 1.165) is 18.0 Å². The van der Waals surface area contributed by atoms with Gasteiger partial charge in [0.2, 0.25) is 0 Å². The average Bonchev–Trinajstić information content (AvgIpc) is 3.26.